The highest BCUT2D eigenvalue weighted by molar-refractivity contribution is 5.99. The van der Waals surface area contributed by atoms with E-state index in [-0.39, 0.29) is 5.78 Å². The Bertz CT molecular complexity index is 576. The van der Waals surface area contributed by atoms with Crippen molar-refractivity contribution in [2.45, 2.75) is 32.6 Å². The zero-order valence-electron chi connectivity index (χ0n) is 12.1. The molecule has 2 N–H and O–H groups in total. The van der Waals surface area contributed by atoms with Crippen LogP contribution in [0.5, 0.6) is 0 Å². The third-order valence-electron chi connectivity index (χ3n) is 4.00. The number of carbonyl (C=O) groups excluding carboxylic acids is 1. The van der Waals surface area contributed by atoms with Crippen LogP contribution in [0.25, 0.3) is 10.8 Å². The smallest absolute Gasteiger partial charge is 0.162 e. The lowest BCUT2D eigenvalue weighted by molar-refractivity contribution is 0.0973. The Morgan fingerprint density at radius 2 is 1.85 bits per heavy atom. The quantitative estimate of drug-likeness (QED) is 0.766. The van der Waals surface area contributed by atoms with E-state index in [1.54, 1.807) is 0 Å². The van der Waals surface area contributed by atoms with E-state index in [1.807, 2.05) is 30.3 Å². The molecule has 0 saturated carbocycles. The van der Waals surface area contributed by atoms with Crippen molar-refractivity contribution >= 4 is 16.6 Å². The van der Waals surface area contributed by atoms with E-state index in [0.29, 0.717) is 18.9 Å². The molecule has 0 aromatic heterocycles. The van der Waals surface area contributed by atoms with Gasteiger partial charge in [0.2, 0.25) is 0 Å². The minimum absolute atomic E-state index is 0.242. The van der Waals surface area contributed by atoms with Gasteiger partial charge in [-0.1, -0.05) is 49.7 Å². The molecule has 20 heavy (non-hydrogen) atoms. The lowest BCUT2D eigenvalue weighted by Crippen LogP contribution is -2.10. The molecule has 106 valence electrons. The molecular weight excluding hydrogens is 246 g/mol. The molecule has 0 radical (unpaired) electrons. The largest absolute Gasteiger partial charge is 0.330 e. The Hall–Kier alpha value is -1.67. The summed E-state index contributed by atoms with van der Waals surface area (Å²) in [6, 6.07) is 14.1. The highest BCUT2D eigenvalue weighted by atomic mass is 16.1. The van der Waals surface area contributed by atoms with Crippen molar-refractivity contribution in [2.24, 2.45) is 11.7 Å². The van der Waals surface area contributed by atoms with Gasteiger partial charge >= 0.3 is 0 Å². The molecule has 1 unspecified atom stereocenters. The van der Waals surface area contributed by atoms with Crippen molar-refractivity contribution in [3.63, 3.8) is 0 Å². The summed E-state index contributed by atoms with van der Waals surface area (Å²) in [4.78, 5) is 12.3. The molecular formula is C18H23NO. The van der Waals surface area contributed by atoms with E-state index < -0.39 is 0 Å². The van der Waals surface area contributed by atoms with Crippen LogP contribution in [0, 0.1) is 5.92 Å². The van der Waals surface area contributed by atoms with Crippen LogP contribution in [0.1, 0.15) is 43.0 Å². The summed E-state index contributed by atoms with van der Waals surface area (Å²) in [7, 11) is 0. The first kappa shape index (κ1) is 14.7. The van der Waals surface area contributed by atoms with Crippen molar-refractivity contribution in [1.29, 1.82) is 0 Å². The van der Waals surface area contributed by atoms with E-state index in [9.17, 15) is 4.79 Å². The topological polar surface area (TPSA) is 43.1 Å². The summed E-state index contributed by atoms with van der Waals surface area (Å²) in [6.07, 6.45) is 3.68. The van der Waals surface area contributed by atoms with Crippen LogP contribution in [0.2, 0.25) is 0 Å². The lowest BCUT2D eigenvalue weighted by Gasteiger charge is -2.12. The number of Topliss-reactive ketones (excluding diaryl/α,β-unsaturated/α-hetero) is 1. The first-order chi connectivity index (χ1) is 9.74. The Kier molecular flexibility index (Phi) is 5.31. The fourth-order valence-corrected chi connectivity index (χ4v) is 2.63. The van der Waals surface area contributed by atoms with Crippen LogP contribution >= 0.6 is 0 Å². The maximum atomic E-state index is 12.3. The predicted molar refractivity (Wildman–Crippen MR) is 85.0 cm³/mol. The van der Waals surface area contributed by atoms with Crippen molar-refractivity contribution in [3.8, 4) is 0 Å². The van der Waals surface area contributed by atoms with E-state index in [1.165, 1.54) is 5.39 Å². The highest BCUT2D eigenvalue weighted by Gasteiger charge is 2.11. The van der Waals surface area contributed by atoms with Gasteiger partial charge in [0.05, 0.1) is 0 Å². The van der Waals surface area contributed by atoms with Crippen LogP contribution in [0.3, 0.4) is 0 Å². The van der Waals surface area contributed by atoms with Crippen LogP contribution in [-0.2, 0) is 0 Å². The Morgan fingerprint density at radius 1 is 1.10 bits per heavy atom. The molecule has 0 saturated heterocycles. The standard InChI is InChI=1S/C18H23NO/c1-2-14(11-12-19)7-10-18(20)17-9-8-15-5-3-4-6-16(15)13-17/h3-6,8-9,13-14H,2,7,10-12,19H2,1H3. The molecule has 0 aliphatic rings. The Morgan fingerprint density at radius 3 is 2.55 bits per heavy atom. The van der Waals surface area contributed by atoms with Crippen molar-refractivity contribution in [3.05, 3.63) is 48.0 Å². The zero-order chi connectivity index (χ0) is 14.4. The van der Waals surface area contributed by atoms with Crippen molar-refractivity contribution < 1.29 is 4.79 Å². The normalized spacial score (nSPS) is 12.5. The SMILES string of the molecule is CCC(CCN)CCC(=O)c1ccc2ccccc2c1. The van der Waals surface area contributed by atoms with Gasteiger partial charge in [-0.25, -0.2) is 0 Å². The average molecular weight is 269 g/mol. The number of fused-ring (bicyclic) bond motifs is 1. The fourth-order valence-electron chi connectivity index (χ4n) is 2.63. The van der Waals surface area contributed by atoms with E-state index in [2.05, 4.69) is 19.1 Å². The van der Waals surface area contributed by atoms with Crippen LogP contribution in [0.4, 0.5) is 0 Å². The predicted octanol–water partition coefficient (Wildman–Crippen LogP) is 4.18. The lowest BCUT2D eigenvalue weighted by atomic mass is 9.93. The molecule has 2 nitrogen and oxygen atoms in total. The van der Waals surface area contributed by atoms with Gasteiger partial charge in [-0.3, -0.25) is 4.79 Å². The fraction of sp³-hybridized carbons (Fsp3) is 0.389. The zero-order valence-corrected chi connectivity index (χ0v) is 12.1. The Labute approximate surface area is 121 Å². The number of benzene rings is 2. The summed E-state index contributed by atoms with van der Waals surface area (Å²) >= 11 is 0. The number of rotatable bonds is 7. The number of ketones is 1. The molecule has 0 spiro atoms. The first-order valence-corrected chi connectivity index (χ1v) is 7.46. The first-order valence-electron chi connectivity index (χ1n) is 7.46. The van der Waals surface area contributed by atoms with Crippen molar-refractivity contribution in [2.75, 3.05) is 6.54 Å². The van der Waals surface area contributed by atoms with Crippen LogP contribution < -0.4 is 5.73 Å². The number of carbonyl (C=O) groups is 1. The second-order valence-electron chi connectivity index (χ2n) is 5.38. The van der Waals surface area contributed by atoms with Crippen LogP contribution in [-0.4, -0.2) is 12.3 Å². The molecule has 2 heteroatoms. The van der Waals surface area contributed by atoms with Gasteiger partial charge in [0.1, 0.15) is 0 Å². The third-order valence-corrected chi connectivity index (χ3v) is 4.00. The third kappa shape index (κ3) is 3.67. The van der Waals surface area contributed by atoms with Crippen LogP contribution in [0.15, 0.2) is 42.5 Å². The van der Waals surface area contributed by atoms with Gasteiger partial charge < -0.3 is 5.73 Å². The molecule has 0 aliphatic heterocycles. The average Bonchev–Trinajstić information content (AvgIpc) is 2.50. The van der Waals surface area contributed by atoms with Gasteiger partial charge in [-0.05, 0) is 42.1 Å². The molecule has 0 aliphatic carbocycles. The van der Waals surface area contributed by atoms with E-state index in [4.69, 9.17) is 5.73 Å². The van der Waals surface area contributed by atoms with Gasteiger partial charge in [-0.2, -0.15) is 0 Å². The molecule has 2 rings (SSSR count). The monoisotopic (exact) mass is 269 g/mol. The number of hydrogen-bond acceptors (Lipinski definition) is 2. The number of nitrogens with two attached hydrogens (primary N) is 1. The highest BCUT2D eigenvalue weighted by Crippen LogP contribution is 2.20. The summed E-state index contributed by atoms with van der Waals surface area (Å²) in [5, 5.41) is 2.31. The maximum absolute atomic E-state index is 12.3. The van der Waals surface area contributed by atoms with E-state index in [0.717, 1.165) is 30.2 Å². The van der Waals surface area contributed by atoms with Gasteiger partial charge in [-0.15, -0.1) is 0 Å². The summed E-state index contributed by atoms with van der Waals surface area (Å²) in [6.45, 7) is 2.88. The van der Waals surface area contributed by atoms with Gasteiger partial charge in [0.25, 0.3) is 0 Å². The maximum Gasteiger partial charge on any atom is 0.162 e. The second-order valence-corrected chi connectivity index (χ2v) is 5.38. The molecule has 1 atom stereocenters. The number of hydrogen-bond donors (Lipinski definition) is 1. The second kappa shape index (κ2) is 7.20. The minimum Gasteiger partial charge on any atom is -0.330 e. The molecule has 2 aromatic rings. The summed E-state index contributed by atoms with van der Waals surface area (Å²) in [5.41, 5.74) is 6.43. The molecule has 0 bridgehead atoms. The Balaban J connectivity index is 2.03. The minimum atomic E-state index is 0.242. The van der Waals surface area contributed by atoms with Gasteiger partial charge in [0.15, 0.2) is 5.78 Å². The molecule has 0 heterocycles. The van der Waals surface area contributed by atoms with Crippen molar-refractivity contribution in [1.82, 2.24) is 0 Å². The molecule has 0 fully saturated rings. The molecule has 0 amide bonds. The van der Waals surface area contributed by atoms with E-state index >= 15 is 0 Å². The summed E-state index contributed by atoms with van der Waals surface area (Å²) in [5.74, 6) is 0.815. The molecule has 2 aromatic carbocycles. The van der Waals surface area contributed by atoms with Gasteiger partial charge in [0, 0.05) is 12.0 Å². The summed E-state index contributed by atoms with van der Waals surface area (Å²) < 4.78 is 0.